The maximum absolute atomic E-state index is 6.30. The summed E-state index contributed by atoms with van der Waals surface area (Å²) in [5.41, 5.74) is 16.8. The Morgan fingerprint density at radius 3 is 1.80 bits per heavy atom. The standard InChI is InChI=1S/C53H40N2O/c1-5-17-42-35(2)53(37-20-11-7-12-21-37,38-22-13-8-14-23-38)48-33-40(26-29-44(42)48)55(39-27-30-45-43-24-15-16-25-46(43)52(3,4)47(45)32-39)41-28-31-50-49(34-41)54-51(56-50)36-18-9-6-10-19-36/h5-34H,1-2H2,3-4H3/b42-17+. The fourth-order valence-electron chi connectivity index (χ4n) is 9.29. The third kappa shape index (κ3) is 4.94. The van der Waals surface area contributed by atoms with Crippen molar-refractivity contribution in [2.45, 2.75) is 24.7 Å². The topological polar surface area (TPSA) is 29.3 Å². The number of oxazole rings is 1. The van der Waals surface area contributed by atoms with Crippen molar-refractivity contribution in [3.63, 3.8) is 0 Å². The quantitative estimate of drug-likeness (QED) is 0.164. The molecule has 2 aliphatic rings. The lowest BCUT2D eigenvalue weighted by Crippen LogP contribution is -2.28. The van der Waals surface area contributed by atoms with E-state index in [0.717, 1.165) is 50.4 Å². The van der Waals surface area contributed by atoms with Crippen molar-refractivity contribution in [3.8, 4) is 22.6 Å². The van der Waals surface area contributed by atoms with Crippen LogP contribution in [0.1, 0.15) is 47.2 Å². The van der Waals surface area contributed by atoms with Gasteiger partial charge in [0.05, 0.1) is 5.41 Å². The van der Waals surface area contributed by atoms with Crippen molar-refractivity contribution in [2.75, 3.05) is 4.90 Å². The molecule has 0 fully saturated rings. The van der Waals surface area contributed by atoms with Crippen LogP contribution in [-0.2, 0) is 10.8 Å². The van der Waals surface area contributed by atoms with Gasteiger partial charge < -0.3 is 9.32 Å². The summed E-state index contributed by atoms with van der Waals surface area (Å²) < 4.78 is 6.30. The monoisotopic (exact) mass is 720 g/mol. The average Bonchev–Trinajstić information content (AvgIpc) is 3.85. The van der Waals surface area contributed by atoms with Gasteiger partial charge in [-0.1, -0.05) is 154 Å². The lowest BCUT2D eigenvalue weighted by molar-refractivity contribution is 0.620. The molecule has 1 heterocycles. The number of nitrogens with zero attached hydrogens (tertiary/aromatic N) is 2. The second-order valence-corrected chi connectivity index (χ2v) is 15.3. The number of aromatic nitrogens is 1. The molecule has 0 aliphatic heterocycles. The van der Waals surface area contributed by atoms with Gasteiger partial charge in [-0.25, -0.2) is 4.98 Å². The third-order valence-electron chi connectivity index (χ3n) is 11.9. The predicted octanol–water partition coefficient (Wildman–Crippen LogP) is 13.7. The van der Waals surface area contributed by atoms with E-state index in [9.17, 15) is 0 Å². The second kappa shape index (κ2) is 12.8. The summed E-state index contributed by atoms with van der Waals surface area (Å²) in [6.07, 6.45) is 3.98. The van der Waals surface area contributed by atoms with Crippen LogP contribution >= 0.6 is 0 Å². The number of hydrogen-bond donors (Lipinski definition) is 0. The van der Waals surface area contributed by atoms with E-state index in [1.54, 1.807) is 0 Å². The molecule has 0 saturated heterocycles. The van der Waals surface area contributed by atoms with Crippen molar-refractivity contribution >= 4 is 33.7 Å². The molecule has 3 heteroatoms. The fraction of sp³-hybridized carbons (Fsp3) is 0.0755. The molecule has 3 nitrogen and oxygen atoms in total. The minimum Gasteiger partial charge on any atom is -0.436 e. The molecule has 268 valence electrons. The summed E-state index contributed by atoms with van der Waals surface area (Å²) in [4.78, 5) is 7.37. The largest absolute Gasteiger partial charge is 0.436 e. The summed E-state index contributed by atoms with van der Waals surface area (Å²) >= 11 is 0. The summed E-state index contributed by atoms with van der Waals surface area (Å²) in [7, 11) is 0. The van der Waals surface area contributed by atoms with Gasteiger partial charge in [0.2, 0.25) is 5.89 Å². The van der Waals surface area contributed by atoms with Gasteiger partial charge in [0.15, 0.2) is 5.58 Å². The maximum Gasteiger partial charge on any atom is 0.227 e. The molecule has 0 unspecified atom stereocenters. The van der Waals surface area contributed by atoms with Gasteiger partial charge in [-0.2, -0.15) is 0 Å². The molecule has 0 N–H and O–H groups in total. The Labute approximate surface area is 328 Å². The average molecular weight is 721 g/mol. The number of hydrogen-bond acceptors (Lipinski definition) is 3. The molecular weight excluding hydrogens is 681 g/mol. The van der Waals surface area contributed by atoms with Crippen LogP contribution in [0.3, 0.4) is 0 Å². The second-order valence-electron chi connectivity index (χ2n) is 15.3. The van der Waals surface area contributed by atoms with E-state index >= 15 is 0 Å². The lowest BCUT2D eigenvalue weighted by Gasteiger charge is -2.34. The Bertz CT molecular complexity index is 2820. The van der Waals surface area contributed by atoms with E-state index in [0.29, 0.717) is 5.89 Å². The Hall–Kier alpha value is -6.97. The first-order valence-corrected chi connectivity index (χ1v) is 19.2. The molecule has 0 atom stereocenters. The fourth-order valence-corrected chi connectivity index (χ4v) is 9.29. The van der Waals surface area contributed by atoms with Crippen molar-refractivity contribution in [1.82, 2.24) is 4.98 Å². The van der Waals surface area contributed by atoms with E-state index < -0.39 is 5.41 Å². The SMILES string of the molecule is C=C/C=C1\C(=C)C(c2ccccc2)(c2ccccc2)c2cc(N(c3ccc4c(c3)C(C)(C)c3ccccc3-4)c3ccc4oc(-c5ccccc5)nc4c3)ccc21. The molecule has 2 aliphatic carbocycles. The van der Waals surface area contributed by atoms with E-state index in [1.165, 1.54) is 38.9 Å². The molecule has 1 aromatic heterocycles. The molecule has 10 rings (SSSR count). The minimum atomic E-state index is -0.628. The van der Waals surface area contributed by atoms with E-state index in [4.69, 9.17) is 16.0 Å². The Balaban J connectivity index is 1.22. The number of allylic oxidation sites excluding steroid dienone is 4. The number of anilines is 3. The van der Waals surface area contributed by atoms with Crippen LogP contribution in [0.2, 0.25) is 0 Å². The Morgan fingerprint density at radius 2 is 1.12 bits per heavy atom. The lowest BCUT2D eigenvalue weighted by atomic mass is 9.68. The summed E-state index contributed by atoms with van der Waals surface area (Å²) in [5, 5.41) is 0. The highest BCUT2D eigenvalue weighted by atomic mass is 16.3. The molecule has 7 aromatic carbocycles. The van der Waals surface area contributed by atoms with Gasteiger partial charge >= 0.3 is 0 Å². The molecule has 0 spiro atoms. The van der Waals surface area contributed by atoms with Crippen molar-refractivity contribution in [3.05, 3.63) is 234 Å². The summed E-state index contributed by atoms with van der Waals surface area (Å²) in [6, 6.07) is 60.6. The number of benzene rings is 7. The molecule has 56 heavy (non-hydrogen) atoms. The van der Waals surface area contributed by atoms with Gasteiger partial charge in [-0.15, -0.1) is 0 Å². The van der Waals surface area contributed by atoms with Crippen LogP contribution in [0.25, 0.3) is 39.3 Å². The smallest absolute Gasteiger partial charge is 0.227 e. The van der Waals surface area contributed by atoms with Gasteiger partial charge in [-0.3, -0.25) is 0 Å². The zero-order valence-corrected chi connectivity index (χ0v) is 31.5. The van der Waals surface area contributed by atoms with Crippen LogP contribution in [0.4, 0.5) is 17.1 Å². The summed E-state index contributed by atoms with van der Waals surface area (Å²) in [5.74, 6) is 0.606. The van der Waals surface area contributed by atoms with Gasteiger partial charge in [0, 0.05) is 28.0 Å². The zero-order valence-electron chi connectivity index (χ0n) is 31.5. The Morgan fingerprint density at radius 1 is 0.571 bits per heavy atom. The van der Waals surface area contributed by atoms with Crippen LogP contribution in [0.15, 0.2) is 205 Å². The van der Waals surface area contributed by atoms with Gasteiger partial charge in [0.25, 0.3) is 0 Å². The number of fused-ring (bicyclic) bond motifs is 5. The predicted molar refractivity (Wildman–Crippen MR) is 232 cm³/mol. The van der Waals surface area contributed by atoms with Crippen LogP contribution in [-0.4, -0.2) is 4.98 Å². The van der Waals surface area contributed by atoms with Crippen molar-refractivity contribution < 1.29 is 4.42 Å². The number of rotatable bonds is 7. The highest BCUT2D eigenvalue weighted by Gasteiger charge is 2.47. The first-order valence-electron chi connectivity index (χ1n) is 19.2. The summed E-state index contributed by atoms with van der Waals surface area (Å²) in [6.45, 7) is 13.6. The van der Waals surface area contributed by atoms with Crippen molar-refractivity contribution in [2.24, 2.45) is 0 Å². The first kappa shape index (κ1) is 33.6. The highest BCUT2D eigenvalue weighted by molar-refractivity contribution is 5.96. The van der Waals surface area contributed by atoms with Crippen LogP contribution < -0.4 is 4.90 Å². The van der Waals surface area contributed by atoms with E-state index in [1.807, 2.05) is 42.5 Å². The van der Waals surface area contributed by atoms with Gasteiger partial charge in [0.1, 0.15) is 5.52 Å². The molecule has 0 radical (unpaired) electrons. The normalized spacial score (nSPS) is 15.4. The third-order valence-corrected chi connectivity index (χ3v) is 11.9. The molecule has 8 aromatic rings. The van der Waals surface area contributed by atoms with Gasteiger partial charge in [-0.05, 0) is 110 Å². The Kier molecular flexibility index (Phi) is 7.69. The van der Waals surface area contributed by atoms with Crippen molar-refractivity contribution in [1.29, 1.82) is 0 Å². The first-order chi connectivity index (χ1) is 27.4. The maximum atomic E-state index is 6.30. The van der Waals surface area contributed by atoms with E-state index in [2.05, 4.69) is 165 Å². The molecular formula is C53H40N2O. The van der Waals surface area contributed by atoms with Crippen LogP contribution in [0.5, 0.6) is 0 Å². The molecule has 0 bridgehead atoms. The van der Waals surface area contributed by atoms with E-state index in [-0.39, 0.29) is 5.41 Å². The zero-order chi connectivity index (χ0) is 38.0. The highest BCUT2D eigenvalue weighted by Crippen LogP contribution is 2.58. The minimum absolute atomic E-state index is 0.163. The van der Waals surface area contributed by atoms with Crippen LogP contribution in [0, 0.1) is 0 Å². The molecule has 0 saturated carbocycles. The molecule has 0 amide bonds.